The molecule has 0 fully saturated rings. The number of ketones is 1. The minimum Gasteiger partial charge on any atom is -0.507 e. The van der Waals surface area contributed by atoms with Crippen LogP contribution in [0.1, 0.15) is 98.4 Å². The fourth-order valence-corrected chi connectivity index (χ4v) is 3.86. The number of aromatic carboxylic acids is 1. The molecule has 1 aliphatic heterocycles. The molecule has 0 spiro atoms. The molecule has 0 aromatic heterocycles. The van der Waals surface area contributed by atoms with Crippen LogP contribution in [0.2, 0.25) is 0 Å². The number of hydrogen-bond donors (Lipinski definition) is 4. The van der Waals surface area contributed by atoms with Crippen molar-refractivity contribution in [1.29, 1.82) is 5.41 Å². The van der Waals surface area contributed by atoms with E-state index in [1.165, 1.54) is 12.1 Å². The first-order valence-electron chi connectivity index (χ1n) is 11.8. The topological polar surface area (TPSA) is 128 Å². The molecule has 0 unspecified atom stereocenters. The summed E-state index contributed by atoms with van der Waals surface area (Å²) in [5.74, 6) is -0.818. The monoisotopic (exact) mass is 481 g/mol. The van der Waals surface area contributed by atoms with Crippen LogP contribution >= 0.6 is 0 Å². The predicted octanol–water partition coefficient (Wildman–Crippen LogP) is 5.06. The third-order valence-electron chi connectivity index (χ3n) is 5.67. The van der Waals surface area contributed by atoms with Crippen molar-refractivity contribution in [1.82, 2.24) is 4.90 Å². The highest BCUT2D eigenvalue weighted by Crippen LogP contribution is 2.40. The van der Waals surface area contributed by atoms with Crippen LogP contribution in [0.3, 0.4) is 0 Å². The quantitative estimate of drug-likeness (QED) is 0.452. The first-order valence-corrected chi connectivity index (χ1v) is 11.8. The zero-order valence-electron chi connectivity index (χ0n) is 22.1. The molecule has 1 heterocycles. The molecule has 5 N–H and O–H groups in total. The Morgan fingerprint density at radius 3 is 1.91 bits per heavy atom. The van der Waals surface area contributed by atoms with Gasteiger partial charge in [-0.3, -0.25) is 10.2 Å². The number of aromatic hydroxyl groups is 1. The minimum atomic E-state index is -1.04. The Balaban J connectivity index is 0.00000100. The Morgan fingerprint density at radius 2 is 1.49 bits per heavy atom. The van der Waals surface area contributed by atoms with Crippen molar-refractivity contribution >= 4 is 17.6 Å². The van der Waals surface area contributed by atoms with Crippen LogP contribution < -0.4 is 5.73 Å². The summed E-state index contributed by atoms with van der Waals surface area (Å²) in [6, 6.07) is 8.55. The highest BCUT2D eigenvalue weighted by atomic mass is 16.4. The number of carbonyl (C=O) groups excluding carboxylic acids is 1. The van der Waals surface area contributed by atoms with Gasteiger partial charge in [0.05, 0.1) is 12.1 Å². The van der Waals surface area contributed by atoms with E-state index in [0.717, 1.165) is 5.56 Å². The summed E-state index contributed by atoms with van der Waals surface area (Å²) < 4.78 is 0. The molecule has 7 nitrogen and oxygen atoms in total. The molecule has 0 atom stereocenters. The summed E-state index contributed by atoms with van der Waals surface area (Å²) in [4.78, 5) is 26.1. The number of Topliss-reactive ketones (excluding diaryl/α,β-unsaturated/α-hetero) is 1. The van der Waals surface area contributed by atoms with Crippen molar-refractivity contribution in [3.8, 4) is 5.75 Å². The zero-order valence-corrected chi connectivity index (χ0v) is 22.1. The number of carboxylic acids is 1. The molecule has 7 heteroatoms. The van der Waals surface area contributed by atoms with Crippen molar-refractivity contribution in [3.63, 3.8) is 0 Å². The van der Waals surface area contributed by atoms with Crippen molar-refractivity contribution in [2.45, 2.75) is 78.8 Å². The first-order chi connectivity index (χ1) is 15.9. The van der Waals surface area contributed by atoms with Crippen molar-refractivity contribution < 1.29 is 19.8 Å². The summed E-state index contributed by atoms with van der Waals surface area (Å²) in [6.45, 7) is 16.3. The predicted molar refractivity (Wildman–Crippen MR) is 140 cm³/mol. The van der Waals surface area contributed by atoms with Gasteiger partial charge in [0.1, 0.15) is 11.6 Å². The molecule has 190 valence electrons. The Bertz CT molecular complexity index is 1100. The lowest BCUT2D eigenvalue weighted by Crippen LogP contribution is -2.30. The van der Waals surface area contributed by atoms with E-state index >= 15 is 0 Å². The Morgan fingerprint density at radius 1 is 1.00 bits per heavy atom. The fourth-order valence-electron chi connectivity index (χ4n) is 3.86. The molecule has 35 heavy (non-hydrogen) atoms. The van der Waals surface area contributed by atoms with Gasteiger partial charge in [0.25, 0.3) is 0 Å². The second-order valence-electron chi connectivity index (χ2n) is 11.5. The number of nitrogens with zero attached hydrogens (tertiary/aromatic N) is 1. The van der Waals surface area contributed by atoms with Gasteiger partial charge >= 0.3 is 5.97 Å². The number of amidine groups is 1. The van der Waals surface area contributed by atoms with Crippen LogP contribution in [-0.4, -0.2) is 45.3 Å². The third kappa shape index (κ3) is 6.69. The Hall–Kier alpha value is -3.19. The number of rotatable bonds is 4. The molecule has 0 amide bonds. The average molecular weight is 482 g/mol. The maximum atomic E-state index is 13.2. The number of benzene rings is 2. The van der Waals surface area contributed by atoms with Gasteiger partial charge in [-0.1, -0.05) is 61.5 Å². The van der Waals surface area contributed by atoms with Crippen LogP contribution in [0.25, 0.3) is 0 Å². The number of phenols is 1. The highest BCUT2D eigenvalue weighted by molar-refractivity contribution is 6.06. The van der Waals surface area contributed by atoms with E-state index in [2.05, 4.69) is 0 Å². The van der Waals surface area contributed by atoms with Gasteiger partial charge < -0.3 is 20.8 Å². The van der Waals surface area contributed by atoms with Gasteiger partial charge in [-0.25, -0.2) is 4.79 Å². The van der Waals surface area contributed by atoms with E-state index in [4.69, 9.17) is 11.1 Å². The van der Waals surface area contributed by atoms with E-state index in [1.54, 1.807) is 23.1 Å². The highest BCUT2D eigenvalue weighted by Gasteiger charge is 2.30. The molecule has 2 aromatic rings. The first kappa shape index (κ1) is 28.1. The lowest BCUT2D eigenvalue weighted by molar-refractivity contribution is 0.0696. The second-order valence-corrected chi connectivity index (χ2v) is 11.5. The molecule has 0 bridgehead atoms. The number of nitrogens with one attached hydrogen (secondary N) is 1. The van der Waals surface area contributed by atoms with Crippen LogP contribution in [-0.2, 0) is 17.4 Å². The largest absolute Gasteiger partial charge is 0.507 e. The summed E-state index contributed by atoms with van der Waals surface area (Å²) in [6.07, 6.45) is 0. The van der Waals surface area contributed by atoms with Crippen LogP contribution in [0.4, 0.5) is 0 Å². The second kappa shape index (κ2) is 10.2. The molecule has 0 saturated carbocycles. The molecule has 0 aliphatic carbocycles. The molecular weight excluding hydrogens is 442 g/mol. The summed E-state index contributed by atoms with van der Waals surface area (Å²) in [5, 5.41) is 28.5. The molecule has 2 aromatic carbocycles. The maximum Gasteiger partial charge on any atom is 0.335 e. The smallest absolute Gasteiger partial charge is 0.335 e. The van der Waals surface area contributed by atoms with Crippen LogP contribution in [0, 0.1) is 5.41 Å². The normalized spacial score (nSPS) is 13.4. The van der Waals surface area contributed by atoms with Gasteiger partial charge in [0, 0.05) is 28.8 Å². The average Bonchev–Trinajstić information content (AvgIpc) is 3.00. The fraction of sp³-hybridized carbons (Fsp3) is 0.464. The van der Waals surface area contributed by atoms with Crippen molar-refractivity contribution in [3.05, 3.63) is 63.7 Å². The van der Waals surface area contributed by atoms with E-state index in [0.29, 0.717) is 34.8 Å². The van der Waals surface area contributed by atoms with E-state index in [-0.39, 0.29) is 40.3 Å². The SMILES string of the molecule is CC(C)(C)c1cc(C(=O)CN2Cc3ccc(C(=O)O)cc3C2=N)cc(C(C)(C)C)c1O.CC(C)N. The van der Waals surface area contributed by atoms with E-state index < -0.39 is 5.97 Å². The molecule has 0 saturated heterocycles. The van der Waals surface area contributed by atoms with E-state index in [9.17, 15) is 19.8 Å². The summed E-state index contributed by atoms with van der Waals surface area (Å²) in [7, 11) is 0. The van der Waals surface area contributed by atoms with E-state index in [1.807, 2.05) is 55.4 Å². The van der Waals surface area contributed by atoms with Gasteiger partial charge in [0.2, 0.25) is 0 Å². The summed E-state index contributed by atoms with van der Waals surface area (Å²) >= 11 is 0. The third-order valence-corrected chi connectivity index (χ3v) is 5.67. The number of carboxylic acid groups (broad SMARTS) is 1. The Kier molecular flexibility index (Phi) is 8.17. The number of carbonyl (C=O) groups is 2. The lowest BCUT2D eigenvalue weighted by Gasteiger charge is -2.28. The summed E-state index contributed by atoms with van der Waals surface area (Å²) in [5.41, 5.74) is 7.86. The lowest BCUT2D eigenvalue weighted by atomic mass is 9.78. The van der Waals surface area contributed by atoms with Crippen LogP contribution in [0.5, 0.6) is 5.75 Å². The number of hydrogen-bond acceptors (Lipinski definition) is 5. The number of phenolic OH excluding ortho intramolecular Hbond substituents is 1. The van der Waals surface area contributed by atoms with Crippen molar-refractivity contribution in [2.75, 3.05) is 6.54 Å². The van der Waals surface area contributed by atoms with Crippen molar-refractivity contribution in [2.24, 2.45) is 5.73 Å². The van der Waals surface area contributed by atoms with Gasteiger partial charge in [-0.2, -0.15) is 0 Å². The number of fused-ring (bicyclic) bond motifs is 1. The Labute approximate surface area is 208 Å². The van der Waals surface area contributed by atoms with Gasteiger partial charge in [0.15, 0.2) is 5.78 Å². The molecule has 0 radical (unpaired) electrons. The standard InChI is InChI=1S/C25H30N2O4.C3H9N/c1-24(2,3)18-10-16(11-19(21(18)29)25(4,5)6)20(28)13-27-12-15-8-7-14(23(30)31)9-17(15)22(27)26;1-3(2)4/h7-11,26,29H,12-13H2,1-6H3,(H,30,31);3H,4H2,1-2H3. The maximum absolute atomic E-state index is 13.2. The van der Waals surface area contributed by atoms with Gasteiger partial charge in [-0.15, -0.1) is 0 Å². The molecule has 3 rings (SSSR count). The number of nitrogens with two attached hydrogens (primary N) is 1. The van der Waals surface area contributed by atoms with Gasteiger partial charge in [-0.05, 0) is 46.7 Å². The minimum absolute atomic E-state index is 0.00780. The molecular formula is C28H39N3O4. The zero-order chi connectivity index (χ0) is 26.9. The molecule has 1 aliphatic rings. The van der Waals surface area contributed by atoms with Crippen LogP contribution in [0.15, 0.2) is 30.3 Å².